The number of carbonyl (C=O) groups is 1. The van der Waals surface area contributed by atoms with Crippen LogP contribution in [0, 0.1) is 12.3 Å². The fourth-order valence-corrected chi connectivity index (χ4v) is 5.68. The second kappa shape index (κ2) is 7.09. The van der Waals surface area contributed by atoms with E-state index in [9.17, 15) is 4.79 Å². The van der Waals surface area contributed by atoms with Crippen LogP contribution in [0.15, 0.2) is 34.8 Å². The second-order valence-electron chi connectivity index (χ2n) is 8.74. The molecular formula is C25H29N3O3. The number of aromatic nitrogens is 2. The normalized spacial score (nSPS) is 19.9. The zero-order valence-electron chi connectivity index (χ0n) is 18.9. The van der Waals surface area contributed by atoms with E-state index in [4.69, 9.17) is 9.15 Å². The Hall–Kier alpha value is -2.86. The number of oxazole rings is 1. The lowest BCUT2D eigenvalue weighted by Crippen LogP contribution is -2.45. The van der Waals surface area contributed by atoms with Gasteiger partial charge in [0.05, 0.1) is 24.4 Å². The third kappa shape index (κ3) is 2.67. The van der Waals surface area contributed by atoms with E-state index in [0.717, 1.165) is 37.0 Å². The summed E-state index contributed by atoms with van der Waals surface area (Å²) in [5.74, 6) is 0.142. The zero-order chi connectivity index (χ0) is 21.9. The Morgan fingerprint density at radius 1 is 1.29 bits per heavy atom. The van der Waals surface area contributed by atoms with Crippen LogP contribution in [-0.2, 0) is 11.2 Å². The average Bonchev–Trinajstić information content (AvgIpc) is 3.34. The molecule has 0 saturated carbocycles. The molecule has 1 atom stereocenters. The highest BCUT2D eigenvalue weighted by Crippen LogP contribution is 2.54. The molecule has 2 aliphatic heterocycles. The van der Waals surface area contributed by atoms with Gasteiger partial charge in [0.1, 0.15) is 5.70 Å². The van der Waals surface area contributed by atoms with Gasteiger partial charge in [-0.1, -0.05) is 32.0 Å². The molecule has 31 heavy (non-hydrogen) atoms. The van der Waals surface area contributed by atoms with E-state index in [-0.39, 0.29) is 11.2 Å². The summed E-state index contributed by atoms with van der Waals surface area (Å²) in [5, 5.41) is 1.29. The molecule has 2 aromatic heterocycles. The Balaban J connectivity index is 1.85. The van der Waals surface area contributed by atoms with Crippen LogP contribution in [0.5, 0.6) is 0 Å². The molecule has 6 nitrogen and oxygen atoms in total. The number of likely N-dealkylation sites (N-methyl/N-ethyl adjacent to an activating group) is 1. The van der Waals surface area contributed by atoms with Crippen LogP contribution in [0.25, 0.3) is 16.6 Å². The van der Waals surface area contributed by atoms with Gasteiger partial charge in [0.15, 0.2) is 0 Å². The maximum absolute atomic E-state index is 12.2. The van der Waals surface area contributed by atoms with E-state index < -0.39 is 5.97 Å². The summed E-state index contributed by atoms with van der Waals surface area (Å²) in [7, 11) is 3.60. The number of hydrogen-bond acceptors (Lipinski definition) is 5. The molecule has 0 spiro atoms. The second-order valence-corrected chi connectivity index (χ2v) is 8.74. The number of methoxy groups -OCH3 is 1. The van der Waals surface area contributed by atoms with Crippen LogP contribution >= 0.6 is 0 Å². The first kappa shape index (κ1) is 20.1. The first-order chi connectivity index (χ1) is 15.0. The van der Waals surface area contributed by atoms with Gasteiger partial charge >= 0.3 is 5.97 Å². The fraction of sp³-hybridized carbons (Fsp3) is 0.440. The molecule has 3 aromatic rings. The van der Waals surface area contributed by atoms with E-state index in [1.54, 1.807) is 6.92 Å². The van der Waals surface area contributed by atoms with Crippen LogP contribution in [-0.4, -0.2) is 41.1 Å². The fourth-order valence-electron chi connectivity index (χ4n) is 5.68. The highest BCUT2D eigenvalue weighted by molar-refractivity contribution is 5.92. The van der Waals surface area contributed by atoms with E-state index in [1.165, 1.54) is 23.8 Å². The van der Waals surface area contributed by atoms with Crippen LogP contribution in [0.3, 0.4) is 0 Å². The molecule has 0 radical (unpaired) electrons. The quantitative estimate of drug-likeness (QED) is 0.559. The Labute approximate surface area is 182 Å². The van der Waals surface area contributed by atoms with Gasteiger partial charge in [0.25, 0.3) is 0 Å². The van der Waals surface area contributed by atoms with Gasteiger partial charge in [-0.15, -0.1) is 0 Å². The molecular weight excluding hydrogens is 390 g/mol. The van der Waals surface area contributed by atoms with E-state index in [1.807, 2.05) is 0 Å². The molecule has 4 heterocycles. The summed E-state index contributed by atoms with van der Waals surface area (Å²) in [5.41, 5.74) is 5.35. The number of nitrogens with zero attached hydrogens (tertiary/aromatic N) is 3. The predicted molar refractivity (Wildman–Crippen MR) is 120 cm³/mol. The van der Waals surface area contributed by atoms with Crippen molar-refractivity contribution in [3.05, 3.63) is 58.9 Å². The number of esters is 1. The standard InChI is InChI=1S/C25H29N3O3/c1-6-25(7-2)14-19(23-26-15(3)21(31-23)24(29)30-5)28-18-11-9-8-10-16(18)17-12-13-27(4)22(25)20(17)28/h8-11,14,22H,6-7,12-13H2,1-5H3/t22-/m1/s1. The number of ether oxygens (including phenoxy) is 1. The SMILES string of the molecule is CCC1(CC)C=C(c2nc(C)c(C(=O)OC)o2)n2c3c(c4ccccc42)CCN(C)[C@H]31. The zero-order valence-corrected chi connectivity index (χ0v) is 18.9. The number of rotatable bonds is 4. The van der Waals surface area contributed by atoms with Crippen LogP contribution < -0.4 is 0 Å². The third-order valence-corrected chi connectivity index (χ3v) is 7.35. The molecule has 0 saturated heterocycles. The molecule has 0 unspecified atom stereocenters. The molecule has 5 rings (SSSR count). The van der Waals surface area contributed by atoms with Crippen molar-refractivity contribution < 1.29 is 13.9 Å². The third-order valence-electron chi connectivity index (χ3n) is 7.35. The number of carbonyl (C=O) groups excluding carboxylic acids is 1. The molecule has 0 amide bonds. The lowest BCUT2D eigenvalue weighted by Gasteiger charge is -2.48. The monoisotopic (exact) mass is 419 g/mol. The van der Waals surface area contributed by atoms with Gasteiger partial charge in [-0.25, -0.2) is 9.78 Å². The van der Waals surface area contributed by atoms with Gasteiger partial charge in [-0.3, -0.25) is 4.90 Å². The van der Waals surface area contributed by atoms with E-state index in [2.05, 4.69) is 65.7 Å². The average molecular weight is 420 g/mol. The maximum atomic E-state index is 12.2. The summed E-state index contributed by atoms with van der Waals surface area (Å²) in [6.07, 6.45) is 5.37. The topological polar surface area (TPSA) is 60.5 Å². The number of para-hydroxylation sites is 1. The molecule has 0 N–H and O–H groups in total. The van der Waals surface area contributed by atoms with Crippen molar-refractivity contribution in [2.45, 2.75) is 46.1 Å². The van der Waals surface area contributed by atoms with Crippen molar-refractivity contribution in [1.82, 2.24) is 14.5 Å². The van der Waals surface area contributed by atoms with Gasteiger partial charge in [-0.05, 0) is 50.9 Å². The summed E-state index contributed by atoms with van der Waals surface area (Å²) < 4.78 is 13.2. The van der Waals surface area contributed by atoms with Gasteiger partial charge in [0, 0.05) is 23.0 Å². The Morgan fingerprint density at radius 3 is 2.74 bits per heavy atom. The van der Waals surface area contributed by atoms with Crippen molar-refractivity contribution in [2.75, 3.05) is 20.7 Å². The molecule has 0 bridgehead atoms. The smallest absolute Gasteiger partial charge is 0.375 e. The first-order valence-electron chi connectivity index (χ1n) is 11.1. The lowest BCUT2D eigenvalue weighted by molar-refractivity contribution is 0.0563. The predicted octanol–water partition coefficient (Wildman–Crippen LogP) is 4.96. The molecule has 6 heteroatoms. The summed E-state index contributed by atoms with van der Waals surface area (Å²) in [6.45, 7) is 7.36. The van der Waals surface area contributed by atoms with Crippen molar-refractivity contribution in [3.8, 4) is 0 Å². The lowest BCUT2D eigenvalue weighted by atomic mass is 9.69. The number of aryl methyl sites for hydroxylation is 1. The number of hydrogen-bond donors (Lipinski definition) is 0. The molecule has 1 aromatic carbocycles. The summed E-state index contributed by atoms with van der Waals surface area (Å²) >= 11 is 0. The molecule has 162 valence electrons. The first-order valence-corrected chi connectivity index (χ1v) is 11.1. The Morgan fingerprint density at radius 2 is 2.03 bits per heavy atom. The van der Waals surface area contributed by atoms with Crippen LogP contribution in [0.1, 0.15) is 66.1 Å². The van der Waals surface area contributed by atoms with Crippen molar-refractivity contribution in [2.24, 2.45) is 5.41 Å². The largest absolute Gasteiger partial charge is 0.463 e. The molecule has 2 aliphatic rings. The highest BCUT2D eigenvalue weighted by Gasteiger charge is 2.47. The number of fused-ring (bicyclic) bond motifs is 3. The minimum atomic E-state index is -0.498. The Bertz CT molecular complexity index is 1210. The van der Waals surface area contributed by atoms with Crippen molar-refractivity contribution in [3.63, 3.8) is 0 Å². The van der Waals surface area contributed by atoms with Crippen LogP contribution in [0.2, 0.25) is 0 Å². The minimum Gasteiger partial charge on any atom is -0.463 e. The van der Waals surface area contributed by atoms with Gasteiger partial charge in [0.2, 0.25) is 11.7 Å². The van der Waals surface area contributed by atoms with E-state index >= 15 is 0 Å². The maximum Gasteiger partial charge on any atom is 0.375 e. The van der Waals surface area contributed by atoms with Gasteiger partial charge in [-0.2, -0.15) is 0 Å². The Kier molecular flexibility index (Phi) is 4.59. The van der Waals surface area contributed by atoms with E-state index in [0.29, 0.717) is 17.6 Å². The van der Waals surface area contributed by atoms with Crippen molar-refractivity contribution >= 4 is 22.6 Å². The molecule has 0 aliphatic carbocycles. The summed E-state index contributed by atoms with van der Waals surface area (Å²) in [4.78, 5) is 19.4. The van der Waals surface area contributed by atoms with Crippen LogP contribution in [0.4, 0.5) is 0 Å². The van der Waals surface area contributed by atoms with Gasteiger partial charge < -0.3 is 13.7 Å². The molecule has 0 fully saturated rings. The highest BCUT2D eigenvalue weighted by atomic mass is 16.5. The number of benzene rings is 1. The summed E-state index contributed by atoms with van der Waals surface area (Å²) in [6, 6.07) is 8.87. The van der Waals surface area contributed by atoms with Crippen molar-refractivity contribution in [1.29, 1.82) is 0 Å². The minimum absolute atomic E-state index is 0.0442.